The minimum atomic E-state index is -0.912. The van der Waals surface area contributed by atoms with Crippen molar-refractivity contribution in [3.63, 3.8) is 0 Å². The van der Waals surface area contributed by atoms with Crippen molar-refractivity contribution in [1.82, 2.24) is 14.9 Å². The molecule has 0 aliphatic heterocycles. The lowest BCUT2D eigenvalue weighted by molar-refractivity contribution is -0.394. The van der Waals surface area contributed by atoms with Gasteiger partial charge in [0.25, 0.3) is 17.3 Å². The molecule has 2 rings (SSSR count). The Bertz CT molecular complexity index is 730. The maximum absolute atomic E-state index is 12.0. The second kappa shape index (κ2) is 5.50. The van der Waals surface area contributed by atoms with Crippen LogP contribution in [-0.4, -0.2) is 30.6 Å². The van der Waals surface area contributed by atoms with E-state index < -0.39 is 37.7 Å². The van der Waals surface area contributed by atoms with E-state index in [0.717, 1.165) is 23.4 Å². The molecular weight excluding hydrogens is 308 g/mol. The molecule has 108 valence electrons. The van der Waals surface area contributed by atoms with Crippen molar-refractivity contribution in [3.05, 3.63) is 55.6 Å². The molecule has 0 saturated heterocycles. The van der Waals surface area contributed by atoms with E-state index in [-0.39, 0.29) is 0 Å². The first kappa shape index (κ1) is 14.3. The first-order chi connectivity index (χ1) is 9.90. The lowest BCUT2D eigenvalue weighted by Gasteiger charge is -2.06. The molecule has 0 aliphatic carbocycles. The van der Waals surface area contributed by atoms with Crippen LogP contribution in [0.25, 0.3) is 0 Å². The topological polar surface area (TPSA) is 146 Å². The van der Waals surface area contributed by atoms with Crippen molar-refractivity contribution in [2.45, 2.75) is 0 Å². The first-order valence-electron chi connectivity index (χ1n) is 5.18. The molecule has 2 aromatic rings. The molecule has 11 nitrogen and oxygen atoms in total. The maximum atomic E-state index is 12.0. The second-order valence-electron chi connectivity index (χ2n) is 3.65. The fourth-order valence-electron chi connectivity index (χ4n) is 1.43. The van der Waals surface area contributed by atoms with Crippen LogP contribution in [0, 0.1) is 20.2 Å². The smallest absolute Gasteiger partial charge is 0.267 e. The highest BCUT2D eigenvalue weighted by molar-refractivity contribution is 6.36. The molecule has 0 unspecified atom stereocenters. The number of nitrogens with zero attached hydrogens (tertiary/aromatic N) is 5. The van der Waals surface area contributed by atoms with Gasteiger partial charge in [0, 0.05) is 6.07 Å². The minimum absolute atomic E-state index is 0.411. The van der Waals surface area contributed by atoms with Crippen LogP contribution >= 0.6 is 11.6 Å². The zero-order valence-electron chi connectivity index (χ0n) is 9.96. The van der Waals surface area contributed by atoms with Gasteiger partial charge in [-0.2, -0.15) is 0 Å². The SMILES string of the molecule is O=C(Nn1cnnc1)c1cc([N+](=O)[O-])cc([N+](=O)[O-])c1Cl. The van der Waals surface area contributed by atoms with E-state index in [4.69, 9.17) is 11.6 Å². The van der Waals surface area contributed by atoms with Gasteiger partial charge < -0.3 is 0 Å². The molecule has 1 N–H and O–H groups in total. The highest BCUT2D eigenvalue weighted by atomic mass is 35.5. The minimum Gasteiger partial charge on any atom is -0.267 e. The molecule has 1 aromatic carbocycles. The van der Waals surface area contributed by atoms with E-state index >= 15 is 0 Å². The summed E-state index contributed by atoms with van der Waals surface area (Å²) in [5.41, 5.74) is 0.462. The van der Waals surface area contributed by atoms with Crippen molar-refractivity contribution >= 4 is 28.9 Å². The summed E-state index contributed by atoms with van der Waals surface area (Å²) in [6.45, 7) is 0. The number of rotatable bonds is 4. The third-order valence-corrected chi connectivity index (χ3v) is 2.74. The maximum Gasteiger partial charge on any atom is 0.295 e. The number of benzene rings is 1. The Kier molecular flexibility index (Phi) is 3.75. The summed E-state index contributed by atoms with van der Waals surface area (Å²) in [4.78, 5) is 31.8. The second-order valence-corrected chi connectivity index (χ2v) is 4.03. The van der Waals surface area contributed by atoms with E-state index in [1.54, 1.807) is 0 Å². The zero-order valence-corrected chi connectivity index (χ0v) is 10.7. The van der Waals surface area contributed by atoms with Crippen molar-refractivity contribution in [2.24, 2.45) is 0 Å². The van der Waals surface area contributed by atoms with Crippen LogP contribution in [0.5, 0.6) is 0 Å². The monoisotopic (exact) mass is 312 g/mol. The molecule has 12 heteroatoms. The van der Waals surface area contributed by atoms with Crippen molar-refractivity contribution in [1.29, 1.82) is 0 Å². The van der Waals surface area contributed by atoms with Gasteiger partial charge in [0.1, 0.15) is 17.7 Å². The first-order valence-corrected chi connectivity index (χ1v) is 5.56. The van der Waals surface area contributed by atoms with E-state index in [1.165, 1.54) is 0 Å². The molecule has 0 radical (unpaired) electrons. The van der Waals surface area contributed by atoms with Crippen molar-refractivity contribution in [3.8, 4) is 0 Å². The largest absolute Gasteiger partial charge is 0.295 e. The molecule has 0 fully saturated rings. The van der Waals surface area contributed by atoms with Crippen LogP contribution < -0.4 is 5.43 Å². The van der Waals surface area contributed by atoms with Crippen molar-refractivity contribution in [2.75, 3.05) is 5.43 Å². The summed E-state index contributed by atoms with van der Waals surface area (Å²) in [6, 6.07) is 1.52. The van der Waals surface area contributed by atoms with Gasteiger partial charge in [0.2, 0.25) is 0 Å². The number of carbonyl (C=O) groups is 1. The van der Waals surface area contributed by atoms with Crippen LogP contribution in [-0.2, 0) is 0 Å². The van der Waals surface area contributed by atoms with Crippen LogP contribution in [0.4, 0.5) is 11.4 Å². The van der Waals surface area contributed by atoms with Gasteiger partial charge in [0.05, 0.1) is 21.5 Å². The predicted octanol–water partition coefficient (Wildman–Crippen LogP) is 1.13. The highest BCUT2D eigenvalue weighted by Gasteiger charge is 2.26. The summed E-state index contributed by atoms with van der Waals surface area (Å²) < 4.78 is 1.06. The standard InChI is InChI=1S/C9H5ClN6O5/c10-8-6(9(17)13-14-3-11-12-4-14)1-5(15(18)19)2-7(8)16(20)21/h1-4H,(H,13,17). The van der Waals surface area contributed by atoms with Crippen LogP contribution in [0.1, 0.15) is 10.4 Å². The predicted molar refractivity (Wildman–Crippen MR) is 68.5 cm³/mol. The molecule has 1 amide bonds. The summed E-state index contributed by atoms with van der Waals surface area (Å²) in [5.74, 6) is -0.883. The van der Waals surface area contributed by atoms with Gasteiger partial charge in [-0.3, -0.25) is 30.4 Å². The molecule has 0 spiro atoms. The molecule has 0 aliphatic rings. The number of carbonyl (C=O) groups excluding carboxylic acids is 1. The lowest BCUT2D eigenvalue weighted by atomic mass is 10.1. The number of hydrogen-bond donors (Lipinski definition) is 1. The average Bonchev–Trinajstić information content (AvgIpc) is 2.90. The third kappa shape index (κ3) is 2.92. The van der Waals surface area contributed by atoms with Crippen LogP contribution in [0.2, 0.25) is 5.02 Å². The van der Waals surface area contributed by atoms with E-state index in [1.807, 2.05) is 0 Å². The van der Waals surface area contributed by atoms with E-state index in [2.05, 4.69) is 15.6 Å². The Hall–Kier alpha value is -3.08. The number of amides is 1. The Balaban J connectivity index is 2.48. The molecule has 21 heavy (non-hydrogen) atoms. The number of non-ortho nitro benzene ring substituents is 1. The number of nitrogens with one attached hydrogen (secondary N) is 1. The lowest BCUT2D eigenvalue weighted by Crippen LogP contribution is -2.22. The third-order valence-electron chi connectivity index (χ3n) is 2.34. The Morgan fingerprint density at radius 2 is 1.81 bits per heavy atom. The van der Waals surface area contributed by atoms with Gasteiger partial charge in [-0.1, -0.05) is 11.6 Å². The molecule has 0 bridgehead atoms. The Morgan fingerprint density at radius 3 is 2.33 bits per heavy atom. The van der Waals surface area contributed by atoms with Gasteiger partial charge in [-0.25, -0.2) is 4.68 Å². The normalized spacial score (nSPS) is 10.1. The van der Waals surface area contributed by atoms with Gasteiger partial charge in [0.15, 0.2) is 0 Å². The molecule has 0 saturated carbocycles. The Labute approximate surface area is 120 Å². The summed E-state index contributed by atoms with van der Waals surface area (Å²) in [5, 5.41) is 28.0. The van der Waals surface area contributed by atoms with Gasteiger partial charge in [-0.15, -0.1) is 10.2 Å². The fourth-order valence-corrected chi connectivity index (χ4v) is 1.70. The number of nitro benzene ring substituents is 2. The summed E-state index contributed by atoms with van der Waals surface area (Å²) in [7, 11) is 0. The number of aromatic nitrogens is 3. The average molecular weight is 313 g/mol. The Morgan fingerprint density at radius 1 is 1.19 bits per heavy atom. The number of nitro groups is 2. The van der Waals surface area contributed by atoms with Crippen molar-refractivity contribution < 1.29 is 14.6 Å². The number of halogens is 1. The summed E-state index contributed by atoms with van der Waals surface area (Å²) >= 11 is 5.75. The van der Waals surface area contributed by atoms with E-state index in [0.29, 0.717) is 6.07 Å². The molecular formula is C9H5ClN6O5. The quantitative estimate of drug-likeness (QED) is 0.657. The fraction of sp³-hybridized carbons (Fsp3) is 0. The molecule has 1 aromatic heterocycles. The molecule has 1 heterocycles. The van der Waals surface area contributed by atoms with Gasteiger partial charge >= 0.3 is 0 Å². The highest BCUT2D eigenvalue weighted by Crippen LogP contribution is 2.32. The zero-order chi connectivity index (χ0) is 15.6. The van der Waals surface area contributed by atoms with Crippen LogP contribution in [0.3, 0.4) is 0 Å². The number of hydrogen-bond acceptors (Lipinski definition) is 7. The summed E-state index contributed by atoms with van der Waals surface area (Å²) in [6.07, 6.45) is 2.30. The van der Waals surface area contributed by atoms with Gasteiger partial charge in [-0.05, 0) is 0 Å². The van der Waals surface area contributed by atoms with Crippen LogP contribution in [0.15, 0.2) is 24.8 Å². The van der Waals surface area contributed by atoms with E-state index in [9.17, 15) is 25.0 Å². The molecule has 0 atom stereocenters.